The van der Waals surface area contributed by atoms with E-state index in [0.717, 1.165) is 18.0 Å². The second-order valence-electron chi connectivity index (χ2n) is 7.04. The molecule has 2 aliphatic carbocycles. The molecule has 0 aliphatic heterocycles. The first-order chi connectivity index (χ1) is 8.62. The third-order valence-electron chi connectivity index (χ3n) is 5.48. The maximum absolute atomic E-state index is 3.90. The summed E-state index contributed by atoms with van der Waals surface area (Å²) in [7, 11) is 0. The van der Waals surface area contributed by atoms with Crippen molar-refractivity contribution in [1.29, 1.82) is 0 Å². The Bertz CT molecular complexity index is 271. The van der Waals surface area contributed by atoms with E-state index in [2.05, 4.69) is 38.2 Å². The minimum Gasteiger partial charge on any atom is -0.311 e. The maximum Gasteiger partial charge on any atom is 0.0107 e. The Hall–Kier alpha value is -0.300. The van der Waals surface area contributed by atoms with Crippen LogP contribution in [0.2, 0.25) is 0 Å². The molecule has 0 bridgehead atoms. The topological polar surface area (TPSA) is 12.0 Å². The second kappa shape index (κ2) is 6.23. The summed E-state index contributed by atoms with van der Waals surface area (Å²) in [5.74, 6) is 0.951. The summed E-state index contributed by atoms with van der Waals surface area (Å²) >= 11 is 0. The molecule has 0 aromatic carbocycles. The van der Waals surface area contributed by atoms with Gasteiger partial charge in [0.05, 0.1) is 0 Å². The third kappa shape index (κ3) is 3.60. The van der Waals surface area contributed by atoms with Crippen LogP contribution in [0.5, 0.6) is 0 Å². The van der Waals surface area contributed by atoms with Crippen molar-refractivity contribution in [2.75, 3.05) is 0 Å². The summed E-state index contributed by atoms with van der Waals surface area (Å²) in [6.07, 6.45) is 15.5. The molecule has 2 aliphatic rings. The number of allylic oxidation sites excluding steroid dienone is 1. The number of rotatable bonds is 4. The van der Waals surface area contributed by atoms with E-state index in [9.17, 15) is 0 Å². The molecule has 1 saturated carbocycles. The van der Waals surface area contributed by atoms with Crippen molar-refractivity contribution in [3.05, 3.63) is 12.2 Å². The van der Waals surface area contributed by atoms with E-state index >= 15 is 0 Å². The van der Waals surface area contributed by atoms with Gasteiger partial charge in [-0.25, -0.2) is 0 Å². The Labute approximate surface area is 113 Å². The van der Waals surface area contributed by atoms with Gasteiger partial charge in [-0.2, -0.15) is 0 Å². The van der Waals surface area contributed by atoms with E-state index in [1.165, 1.54) is 51.4 Å². The van der Waals surface area contributed by atoms with Crippen LogP contribution >= 0.6 is 0 Å². The van der Waals surface area contributed by atoms with Crippen molar-refractivity contribution in [2.45, 2.75) is 84.2 Å². The van der Waals surface area contributed by atoms with E-state index in [4.69, 9.17) is 0 Å². The molecule has 0 radical (unpaired) electrons. The fourth-order valence-electron chi connectivity index (χ4n) is 3.61. The zero-order valence-corrected chi connectivity index (χ0v) is 12.5. The molecule has 104 valence electrons. The van der Waals surface area contributed by atoms with Gasteiger partial charge >= 0.3 is 0 Å². The average molecular weight is 249 g/mol. The van der Waals surface area contributed by atoms with Crippen LogP contribution in [0.1, 0.15) is 72.1 Å². The van der Waals surface area contributed by atoms with E-state index in [-0.39, 0.29) is 0 Å². The van der Waals surface area contributed by atoms with Crippen LogP contribution in [-0.4, -0.2) is 12.1 Å². The predicted octanol–water partition coefficient (Wildman–Crippen LogP) is 4.68. The molecule has 0 saturated heterocycles. The van der Waals surface area contributed by atoms with Gasteiger partial charge in [0, 0.05) is 12.1 Å². The summed E-state index contributed by atoms with van der Waals surface area (Å²) in [5.41, 5.74) is 0.554. The molecule has 1 unspecified atom stereocenters. The summed E-state index contributed by atoms with van der Waals surface area (Å²) < 4.78 is 0. The van der Waals surface area contributed by atoms with E-state index < -0.39 is 0 Å². The lowest BCUT2D eigenvalue weighted by atomic mass is 9.69. The molecule has 2 rings (SSSR count). The van der Waals surface area contributed by atoms with Gasteiger partial charge in [-0.1, -0.05) is 39.3 Å². The molecule has 0 amide bonds. The van der Waals surface area contributed by atoms with Gasteiger partial charge < -0.3 is 5.32 Å². The van der Waals surface area contributed by atoms with Crippen molar-refractivity contribution >= 4 is 0 Å². The van der Waals surface area contributed by atoms with E-state index in [1.54, 1.807) is 0 Å². The van der Waals surface area contributed by atoms with Gasteiger partial charge in [-0.15, -0.1) is 0 Å². The summed E-state index contributed by atoms with van der Waals surface area (Å²) in [6, 6.07) is 1.56. The fraction of sp³-hybridized carbons (Fsp3) is 0.882. The molecule has 1 fully saturated rings. The number of hydrogen-bond donors (Lipinski definition) is 1. The summed E-state index contributed by atoms with van der Waals surface area (Å²) in [5, 5.41) is 3.90. The molecule has 0 spiro atoms. The minimum atomic E-state index is 0.554. The Morgan fingerprint density at radius 1 is 1.00 bits per heavy atom. The van der Waals surface area contributed by atoms with Crippen LogP contribution in [-0.2, 0) is 0 Å². The molecule has 18 heavy (non-hydrogen) atoms. The maximum atomic E-state index is 3.90. The lowest BCUT2D eigenvalue weighted by Crippen LogP contribution is -2.42. The highest BCUT2D eigenvalue weighted by Gasteiger charge is 2.32. The Morgan fingerprint density at radius 3 is 2.28 bits per heavy atom. The van der Waals surface area contributed by atoms with Crippen molar-refractivity contribution in [1.82, 2.24) is 5.32 Å². The first kappa shape index (κ1) is 14.1. The third-order valence-corrected chi connectivity index (χ3v) is 5.48. The van der Waals surface area contributed by atoms with Crippen molar-refractivity contribution in [3.8, 4) is 0 Å². The van der Waals surface area contributed by atoms with Crippen LogP contribution in [0.15, 0.2) is 12.2 Å². The molecule has 1 N–H and O–H groups in total. The van der Waals surface area contributed by atoms with Crippen molar-refractivity contribution < 1.29 is 0 Å². The second-order valence-corrected chi connectivity index (χ2v) is 7.04. The Balaban J connectivity index is 1.75. The molecular formula is C17H31N. The highest BCUT2D eigenvalue weighted by molar-refractivity contribution is 4.95. The quantitative estimate of drug-likeness (QED) is 0.713. The molecule has 1 nitrogen and oxygen atoms in total. The van der Waals surface area contributed by atoms with E-state index in [0.29, 0.717) is 5.41 Å². The largest absolute Gasteiger partial charge is 0.311 e. The smallest absolute Gasteiger partial charge is 0.0107 e. The molecule has 1 atom stereocenters. The lowest BCUT2D eigenvalue weighted by Gasteiger charge is -2.40. The number of hydrogen-bond acceptors (Lipinski definition) is 1. The Morgan fingerprint density at radius 2 is 1.72 bits per heavy atom. The summed E-state index contributed by atoms with van der Waals surface area (Å²) in [4.78, 5) is 0. The predicted molar refractivity (Wildman–Crippen MR) is 79.7 cm³/mol. The fourth-order valence-corrected chi connectivity index (χ4v) is 3.61. The molecule has 0 aromatic heterocycles. The Kier molecular flexibility index (Phi) is 4.89. The SMILES string of the molecule is CCC(C)(C)C1CCC(NC2CC=CCC2)CC1. The monoisotopic (exact) mass is 249 g/mol. The molecule has 0 aromatic rings. The van der Waals surface area contributed by atoms with Crippen LogP contribution in [0.4, 0.5) is 0 Å². The molecule has 1 heteroatoms. The van der Waals surface area contributed by atoms with Crippen LogP contribution in [0, 0.1) is 11.3 Å². The number of nitrogens with one attached hydrogen (secondary N) is 1. The molecular weight excluding hydrogens is 218 g/mol. The lowest BCUT2D eigenvalue weighted by molar-refractivity contribution is 0.133. The first-order valence-corrected chi connectivity index (χ1v) is 8.03. The van der Waals surface area contributed by atoms with Crippen LogP contribution in [0.3, 0.4) is 0 Å². The summed E-state index contributed by atoms with van der Waals surface area (Å²) in [6.45, 7) is 7.26. The zero-order chi connectivity index (χ0) is 13.0. The van der Waals surface area contributed by atoms with Crippen LogP contribution < -0.4 is 5.32 Å². The van der Waals surface area contributed by atoms with Crippen molar-refractivity contribution in [3.63, 3.8) is 0 Å². The van der Waals surface area contributed by atoms with Crippen LogP contribution in [0.25, 0.3) is 0 Å². The first-order valence-electron chi connectivity index (χ1n) is 8.03. The van der Waals surface area contributed by atoms with Crippen molar-refractivity contribution in [2.24, 2.45) is 11.3 Å². The zero-order valence-electron chi connectivity index (χ0n) is 12.5. The standard InChI is InChI=1S/C17H31N/c1-4-17(2,3)14-10-12-16(13-11-14)18-15-8-6-5-7-9-15/h5-6,14-16,18H,4,7-13H2,1-3H3. The normalized spacial score (nSPS) is 33.6. The van der Waals surface area contributed by atoms with Gasteiger partial charge in [0.1, 0.15) is 0 Å². The minimum absolute atomic E-state index is 0.554. The highest BCUT2D eigenvalue weighted by Crippen LogP contribution is 2.40. The van der Waals surface area contributed by atoms with Gasteiger partial charge in [0.25, 0.3) is 0 Å². The van der Waals surface area contributed by atoms with E-state index in [1.807, 2.05) is 0 Å². The van der Waals surface area contributed by atoms with Gasteiger partial charge in [0.2, 0.25) is 0 Å². The van der Waals surface area contributed by atoms with Gasteiger partial charge in [0.15, 0.2) is 0 Å². The van der Waals surface area contributed by atoms with Gasteiger partial charge in [-0.3, -0.25) is 0 Å². The van der Waals surface area contributed by atoms with Gasteiger partial charge in [-0.05, 0) is 56.3 Å². The average Bonchev–Trinajstić information content (AvgIpc) is 2.40. The highest BCUT2D eigenvalue weighted by atomic mass is 14.9. The molecule has 0 heterocycles.